The molecule has 0 radical (unpaired) electrons. The largest absolute Gasteiger partial charge is 0.445 e. The van der Waals surface area contributed by atoms with Crippen molar-refractivity contribution in [2.75, 3.05) is 0 Å². The standard InChI is InChI=1S/C19H29N3O4/c1-5-13(4)16(17(20)23)21-18(24)15(12(2)3)22-19(25)26-11-14-9-7-6-8-10-14/h6-10,12-13,15-16H,5,11H2,1-4H3,(H2,20,23)(H,21,24)(H,22,25)/t13-,15+,16+/m1/s1. The summed E-state index contributed by atoms with van der Waals surface area (Å²) in [5.41, 5.74) is 6.23. The molecule has 0 aromatic heterocycles. The molecule has 0 fully saturated rings. The summed E-state index contributed by atoms with van der Waals surface area (Å²) >= 11 is 0. The van der Waals surface area contributed by atoms with Gasteiger partial charge in [0, 0.05) is 0 Å². The van der Waals surface area contributed by atoms with Gasteiger partial charge in [0.25, 0.3) is 0 Å². The summed E-state index contributed by atoms with van der Waals surface area (Å²) < 4.78 is 5.16. The van der Waals surface area contributed by atoms with E-state index in [-0.39, 0.29) is 18.4 Å². The lowest BCUT2D eigenvalue weighted by Gasteiger charge is -2.26. The van der Waals surface area contributed by atoms with Gasteiger partial charge in [0.05, 0.1) is 0 Å². The molecule has 0 aliphatic carbocycles. The SMILES string of the molecule is CC[C@@H](C)[C@H](NC(=O)[C@@H](NC(=O)OCc1ccccc1)C(C)C)C(N)=O. The zero-order chi connectivity index (χ0) is 19.7. The Morgan fingerprint density at radius 1 is 1.04 bits per heavy atom. The molecule has 0 spiro atoms. The molecule has 0 bridgehead atoms. The van der Waals surface area contributed by atoms with Crippen molar-refractivity contribution in [2.24, 2.45) is 17.6 Å². The van der Waals surface area contributed by atoms with Crippen LogP contribution in [0.3, 0.4) is 0 Å². The van der Waals surface area contributed by atoms with Crippen molar-refractivity contribution in [1.29, 1.82) is 0 Å². The summed E-state index contributed by atoms with van der Waals surface area (Å²) in [6, 6.07) is 7.63. The van der Waals surface area contributed by atoms with Crippen molar-refractivity contribution in [1.82, 2.24) is 10.6 Å². The second kappa shape index (κ2) is 10.4. The lowest BCUT2D eigenvalue weighted by Crippen LogP contribution is -2.56. The van der Waals surface area contributed by atoms with Gasteiger partial charge in [0.2, 0.25) is 11.8 Å². The van der Waals surface area contributed by atoms with Crippen LogP contribution in [0.4, 0.5) is 4.79 Å². The van der Waals surface area contributed by atoms with Crippen LogP contribution in [0.25, 0.3) is 0 Å². The van der Waals surface area contributed by atoms with E-state index < -0.39 is 30.0 Å². The van der Waals surface area contributed by atoms with E-state index in [1.807, 2.05) is 44.2 Å². The number of benzene rings is 1. The lowest BCUT2D eigenvalue weighted by atomic mass is 9.97. The van der Waals surface area contributed by atoms with Crippen LogP contribution < -0.4 is 16.4 Å². The first-order valence-electron chi connectivity index (χ1n) is 8.83. The van der Waals surface area contributed by atoms with Crippen molar-refractivity contribution in [3.63, 3.8) is 0 Å². The molecule has 1 aromatic rings. The van der Waals surface area contributed by atoms with Crippen LogP contribution in [0.5, 0.6) is 0 Å². The summed E-state index contributed by atoms with van der Waals surface area (Å²) in [6.45, 7) is 7.44. The van der Waals surface area contributed by atoms with Crippen molar-refractivity contribution in [3.8, 4) is 0 Å². The first kappa shape index (κ1) is 21.5. The molecule has 1 aromatic carbocycles. The van der Waals surface area contributed by atoms with E-state index in [1.54, 1.807) is 13.8 Å². The van der Waals surface area contributed by atoms with Crippen molar-refractivity contribution in [3.05, 3.63) is 35.9 Å². The number of amides is 3. The Morgan fingerprint density at radius 3 is 2.15 bits per heavy atom. The third-order valence-corrected chi connectivity index (χ3v) is 4.25. The normalized spacial score (nSPS) is 14.2. The van der Waals surface area contributed by atoms with Gasteiger partial charge in [-0.05, 0) is 17.4 Å². The maximum Gasteiger partial charge on any atom is 0.408 e. The highest BCUT2D eigenvalue weighted by Crippen LogP contribution is 2.10. The number of nitrogens with two attached hydrogens (primary N) is 1. The fourth-order valence-electron chi connectivity index (χ4n) is 2.40. The second-order valence-corrected chi connectivity index (χ2v) is 6.70. The van der Waals surface area contributed by atoms with Crippen LogP contribution in [0.15, 0.2) is 30.3 Å². The molecule has 1 rings (SSSR count). The fraction of sp³-hybridized carbons (Fsp3) is 0.526. The number of nitrogens with one attached hydrogen (secondary N) is 2. The minimum absolute atomic E-state index is 0.103. The molecule has 0 saturated heterocycles. The average molecular weight is 363 g/mol. The number of rotatable bonds is 9. The van der Waals surface area contributed by atoms with Crippen LogP contribution in [0, 0.1) is 11.8 Å². The number of alkyl carbamates (subject to hydrolysis) is 1. The summed E-state index contributed by atoms with van der Waals surface area (Å²) in [6.07, 6.45) is -0.00544. The molecule has 7 nitrogen and oxygen atoms in total. The molecule has 144 valence electrons. The van der Waals surface area contributed by atoms with Crippen molar-refractivity contribution < 1.29 is 19.1 Å². The smallest absolute Gasteiger partial charge is 0.408 e. The third-order valence-electron chi connectivity index (χ3n) is 4.25. The number of ether oxygens (including phenoxy) is 1. The predicted octanol–water partition coefficient (Wildman–Crippen LogP) is 1.95. The van der Waals surface area contributed by atoms with Gasteiger partial charge in [-0.2, -0.15) is 0 Å². The van der Waals surface area contributed by atoms with Gasteiger partial charge < -0.3 is 21.1 Å². The molecule has 7 heteroatoms. The minimum Gasteiger partial charge on any atom is -0.445 e. The number of hydrogen-bond acceptors (Lipinski definition) is 4. The predicted molar refractivity (Wildman–Crippen MR) is 99.0 cm³/mol. The van der Waals surface area contributed by atoms with E-state index in [2.05, 4.69) is 10.6 Å². The number of hydrogen-bond donors (Lipinski definition) is 3. The zero-order valence-corrected chi connectivity index (χ0v) is 15.8. The molecule has 0 heterocycles. The van der Waals surface area contributed by atoms with Gasteiger partial charge >= 0.3 is 6.09 Å². The van der Waals surface area contributed by atoms with E-state index >= 15 is 0 Å². The lowest BCUT2D eigenvalue weighted by molar-refractivity contribution is -0.130. The zero-order valence-electron chi connectivity index (χ0n) is 15.8. The molecular formula is C19H29N3O4. The highest BCUT2D eigenvalue weighted by Gasteiger charge is 2.30. The first-order chi connectivity index (χ1) is 12.3. The van der Waals surface area contributed by atoms with E-state index in [0.29, 0.717) is 6.42 Å². The Hall–Kier alpha value is -2.57. The quantitative estimate of drug-likeness (QED) is 0.623. The van der Waals surface area contributed by atoms with E-state index in [1.165, 1.54) is 0 Å². The molecule has 3 amide bonds. The minimum atomic E-state index is -0.829. The van der Waals surface area contributed by atoms with Crippen LogP contribution in [0.1, 0.15) is 39.7 Å². The Balaban J connectivity index is 2.67. The molecule has 0 unspecified atom stereocenters. The highest BCUT2D eigenvalue weighted by molar-refractivity contribution is 5.91. The maximum absolute atomic E-state index is 12.5. The fourth-order valence-corrected chi connectivity index (χ4v) is 2.40. The third kappa shape index (κ3) is 6.74. The summed E-state index contributed by atoms with van der Waals surface area (Å²) in [5, 5.41) is 5.21. The number of carbonyl (C=O) groups excluding carboxylic acids is 3. The first-order valence-corrected chi connectivity index (χ1v) is 8.83. The van der Waals surface area contributed by atoms with E-state index in [0.717, 1.165) is 5.56 Å². The molecule has 0 aliphatic heterocycles. The average Bonchev–Trinajstić information content (AvgIpc) is 2.61. The van der Waals surface area contributed by atoms with Gasteiger partial charge in [-0.25, -0.2) is 4.79 Å². The van der Waals surface area contributed by atoms with Gasteiger partial charge in [-0.1, -0.05) is 64.4 Å². The van der Waals surface area contributed by atoms with Crippen LogP contribution >= 0.6 is 0 Å². The summed E-state index contributed by atoms with van der Waals surface area (Å²) in [4.78, 5) is 36.2. The monoisotopic (exact) mass is 363 g/mol. The molecule has 0 saturated carbocycles. The summed E-state index contributed by atoms with van der Waals surface area (Å²) in [7, 11) is 0. The van der Waals surface area contributed by atoms with Gasteiger partial charge in [-0.15, -0.1) is 0 Å². The Labute approximate surface area is 154 Å². The van der Waals surface area contributed by atoms with Crippen LogP contribution in [-0.4, -0.2) is 30.0 Å². The Bertz CT molecular complexity index is 604. The topological polar surface area (TPSA) is 111 Å². The van der Waals surface area contributed by atoms with Crippen molar-refractivity contribution >= 4 is 17.9 Å². The molecule has 26 heavy (non-hydrogen) atoms. The van der Waals surface area contributed by atoms with Crippen LogP contribution in [0.2, 0.25) is 0 Å². The molecular weight excluding hydrogens is 334 g/mol. The molecule has 0 aliphatic rings. The second-order valence-electron chi connectivity index (χ2n) is 6.70. The maximum atomic E-state index is 12.5. The van der Waals surface area contributed by atoms with Gasteiger partial charge in [-0.3, -0.25) is 9.59 Å². The summed E-state index contributed by atoms with van der Waals surface area (Å²) in [5.74, 6) is -1.35. The number of primary amides is 1. The van der Waals surface area contributed by atoms with E-state index in [4.69, 9.17) is 10.5 Å². The highest BCUT2D eigenvalue weighted by atomic mass is 16.5. The van der Waals surface area contributed by atoms with Gasteiger partial charge in [0.15, 0.2) is 0 Å². The van der Waals surface area contributed by atoms with Crippen molar-refractivity contribution in [2.45, 2.75) is 52.8 Å². The number of carbonyl (C=O) groups is 3. The Kier molecular flexibility index (Phi) is 8.61. The van der Waals surface area contributed by atoms with E-state index in [9.17, 15) is 14.4 Å². The molecule has 3 atom stereocenters. The van der Waals surface area contributed by atoms with Gasteiger partial charge in [0.1, 0.15) is 18.7 Å². The molecule has 4 N–H and O–H groups in total. The Morgan fingerprint density at radius 2 is 1.65 bits per heavy atom. The van der Waals surface area contributed by atoms with Crippen LogP contribution in [-0.2, 0) is 20.9 Å².